The molecule has 96 valence electrons. The molecule has 0 radical (unpaired) electrons. The summed E-state index contributed by atoms with van der Waals surface area (Å²) in [5, 5.41) is 11.7. The lowest BCUT2D eigenvalue weighted by Gasteiger charge is -2.24. The van der Waals surface area contributed by atoms with Crippen LogP contribution in [0.2, 0.25) is 0 Å². The second kappa shape index (κ2) is 5.49. The Hall–Kier alpha value is -1.10. The van der Waals surface area contributed by atoms with E-state index in [4.69, 9.17) is 9.84 Å². The Morgan fingerprint density at radius 3 is 2.24 bits per heavy atom. The predicted molar refractivity (Wildman–Crippen MR) is 60.5 cm³/mol. The average Bonchev–Trinajstić information content (AvgIpc) is 2.79. The van der Waals surface area contributed by atoms with Crippen LogP contribution in [-0.4, -0.2) is 35.2 Å². The molecular formula is C12H19NO4. The summed E-state index contributed by atoms with van der Waals surface area (Å²) < 4.78 is 5.21. The number of rotatable bonds is 3. The van der Waals surface area contributed by atoms with Crippen molar-refractivity contribution in [3.05, 3.63) is 0 Å². The van der Waals surface area contributed by atoms with Gasteiger partial charge in [0.25, 0.3) is 0 Å². The number of nitrogens with one attached hydrogen (secondary N) is 1. The number of carboxylic acids is 1. The van der Waals surface area contributed by atoms with E-state index in [0.29, 0.717) is 12.8 Å². The minimum atomic E-state index is -0.974. The number of carbonyl (C=O) groups is 2. The number of hydrogen-bond acceptors (Lipinski definition) is 3. The minimum absolute atomic E-state index is 0.138. The van der Waals surface area contributed by atoms with Crippen molar-refractivity contribution in [3.63, 3.8) is 0 Å². The first-order valence-corrected chi connectivity index (χ1v) is 6.35. The Morgan fingerprint density at radius 1 is 1.00 bits per heavy atom. The maximum Gasteiger partial charge on any atom is 0.332 e. The van der Waals surface area contributed by atoms with E-state index in [1.54, 1.807) is 0 Å². The molecule has 0 bridgehead atoms. The largest absolute Gasteiger partial charge is 0.479 e. The fourth-order valence-electron chi connectivity index (χ4n) is 2.55. The van der Waals surface area contributed by atoms with Gasteiger partial charge < -0.3 is 15.2 Å². The van der Waals surface area contributed by atoms with Gasteiger partial charge in [0.2, 0.25) is 5.91 Å². The van der Waals surface area contributed by atoms with Crippen LogP contribution in [0, 0.1) is 0 Å². The Labute approximate surface area is 101 Å². The number of ether oxygens (including phenoxy) is 1. The third kappa shape index (κ3) is 3.19. The van der Waals surface area contributed by atoms with Crippen LogP contribution in [0.5, 0.6) is 0 Å². The number of amides is 1. The van der Waals surface area contributed by atoms with E-state index in [1.807, 2.05) is 0 Å². The standard InChI is InChI=1S/C12H19NO4/c14-11(13-8-4-2-1-3-5-8)9-6-7-10(17-9)12(15)16/h8-10H,1-7H2,(H,13,14)(H,15,16). The highest BCUT2D eigenvalue weighted by Crippen LogP contribution is 2.22. The molecule has 0 aromatic heterocycles. The molecule has 1 saturated heterocycles. The summed E-state index contributed by atoms with van der Waals surface area (Å²) in [6.07, 6.45) is 5.18. The van der Waals surface area contributed by atoms with Crippen molar-refractivity contribution in [2.45, 2.75) is 63.2 Å². The van der Waals surface area contributed by atoms with Crippen LogP contribution in [0.15, 0.2) is 0 Å². The molecule has 5 heteroatoms. The lowest BCUT2D eigenvalue weighted by atomic mass is 9.95. The van der Waals surface area contributed by atoms with Crippen LogP contribution < -0.4 is 5.32 Å². The van der Waals surface area contributed by atoms with Crippen LogP contribution in [0.4, 0.5) is 0 Å². The molecule has 0 aromatic carbocycles. The summed E-state index contributed by atoms with van der Waals surface area (Å²) in [6, 6.07) is 0.253. The topological polar surface area (TPSA) is 75.6 Å². The van der Waals surface area contributed by atoms with E-state index in [1.165, 1.54) is 6.42 Å². The van der Waals surface area contributed by atoms with Gasteiger partial charge in [0.05, 0.1) is 0 Å². The summed E-state index contributed by atoms with van der Waals surface area (Å²) in [4.78, 5) is 22.6. The van der Waals surface area contributed by atoms with Crippen molar-refractivity contribution >= 4 is 11.9 Å². The Bertz CT molecular complexity index is 299. The van der Waals surface area contributed by atoms with Crippen molar-refractivity contribution in [1.82, 2.24) is 5.32 Å². The molecule has 2 rings (SSSR count). The third-order valence-electron chi connectivity index (χ3n) is 3.54. The number of aliphatic carboxylic acids is 1. The van der Waals surface area contributed by atoms with Gasteiger partial charge in [-0.2, -0.15) is 0 Å². The zero-order chi connectivity index (χ0) is 12.3. The van der Waals surface area contributed by atoms with Gasteiger partial charge in [-0.25, -0.2) is 4.79 Å². The van der Waals surface area contributed by atoms with Crippen molar-refractivity contribution in [3.8, 4) is 0 Å². The molecule has 17 heavy (non-hydrogen) atoms. The van der Waals surface area contributed by atoms with Crippen LogP contribution >= 0.6 is 0 Å². The molecule has 1 amide bonds. The van der Waals surface area contributed by atoms with E-state index >= 15 is 0 Å². The molecule has 1 aliphatic carbocycles. The highest BCUT2D eigenvalue weighted by atomic mass is 16.5. The second-order valence-corrected chi connectivity index (χ2v) is 4.87. The van der Waals surface area contributed by atoms with Crippen molar-refractivity contribution in [1.29, 1.82) is 0 Å². The van der Waals surface area contributed by atoms with Crippen LogP contribution in [0.25, 0.3) is 0 Å². The molecule has 2 unspecified atom stereocenters. The molecule has 2 fully saturated rings. The fraction of sp³-hybridized carbons (Fsp3) is 0.833. The summed E-state index contributed by atoms with van der Waals surface area (Å²) >= 11 is 0. The van der Waals surface area contributed by atoms with E-state index in [-0.39, 0.29) is 11.9 Å². The normalized spacial score (nSPS) is 30.1. The van der Waals surface area contributed by atoms with E-state index < -0.39 is 18.2 Å². The zero-order valence-corrected chi connectivity index (χ0v) is 9.85. The molecular weight excluding hydrogens is 222 g/mol. The third-order valence-corrected chi connectivity index (χ3v) is 3.54. The van der Waals surface area contributed by atoms with E-state index in [0.717, 1.165) is 25.7 Å². The summed E-state index contributed by atoms with van der Waals surface area (Å²) in [5.74, 6) is -1.11. The lowest BCUT2D eigenvalue weighted by Crippen LogP contribution is -2.42. The SMILES string of the molecule is O=C(O)C1CCC(C(=O)NC2CCCCC2)O1. The first-order chi connectivity index (χ1) is 8.16. The average molecular weight is 241 g/mol. The molecule has 2 N–H and O–H groups in total. The quantitative estimate of drug-likeness (QED) is 0.775. The maximum atomic E-state index is 11.9. The number of hydrogen-bond donors (Lipinski definition) is 2. The van der Waals surface area contributed by atoms with E-state index in [2.05, 4.69) is 5.32 Å². The lowest BCUT2D eigenvalue weighted by molar-refractivity contribution is -0.151. The smallest absolute Gasteiger partial charge is 0.332 e. The maximum absolute atomic E-state index is 11.9. The Balaban J connectivity index is 1.78. The van der Waals surface area contributed by atoms with Crippen LogP contribution in [-0.2, 0) is 14.3 Å². The molecule has 1 saturated carbocycles. The Kier molecular flexibility index (Phi) is 3.99. The van der Waals surface area contributed by atoms with Crippen molar-refractivity contribution < 1.29 is 19.4 Å². The van der Waals surface area contributed by atoms with Crippen LogP contribution in [0.3, 0.4) is 0 Å². The van der Waals surface area contributed by atoms with Gasteiger partial charge in [-0.3, -0.25) is 4.79 Å². The number of carbonyl (C=O) groups excluding carboxylic acids is 1. The summed E-state index contributed by atoms with van der Waals surface area (Å²) in [5.41, 5.74) is 0. The monoisotopic (exact) mass is 241 g/mol. The fourth-order valence-corrected chi connectivity index (χ4v) is 2.55. The molecule has 2 atom stereocenters. The van der Waals surface area contributed by atoms with Gasteiger partial charge in [-0.05, 0) is 25.7 Å². The molecule has 0 spiro atoms. The first-order valence-electron chi connectivity index (χ1n) is 6.35. The first kappa shape index (κ1) is 12.4. The summed E-state index contributed by atoms with van der Waals surface area (Å²) in [6.45, 7) is 0. The second-order valence-electron chi connectivity index (χ2n) is 4.87. The summed E-state index contributed by atoms with van der Waals surface area (Å²) in [7, 11) is 0. The zero-order valence-electron chi connectivity index (χ0n) is 9.85. The highest BCUT2D eigenvalue weighted by Gasteiger charge is 2.35. The molecule has 5 nitrogen and oxygen atoms in total. The van der Waals surface area contributed by atoms with E-state index in [9.17, 15) is 9.59 Å². The molecule has 0 aromatic rings. The molecule has 2 aliphatic rings. The van der Waals surface area contributed by atoms with Gasteiger partial charge in [0.15, 0.2) is 6.10 Å². The van der Waals surface area contributed by atoms with Gasteiger partial charge >= 0.3 is 5.97 Å². The minimum Gasteiger partial charge on any atom is -0.479 e. The molecule has 1 aliphatic heterocycles. The van der Waals surface area contributed by atoms with Gasteiger partial charge in [-0.15, -0.1) is 0 Å². The predicted octanol–water partition coefficient (Wildman–Crippen LogP) is 1.07. The van der Waals surface area contributed by atoms with Crippen molar-refractivity contribution in [2.24, 2.45) is 0 Å². The van der Waals surface area contributed by atoms with Crippen LogP contribution in [0.1, 0.15) is 44.9 Å². The van der Waals surface area contributed by atoms with Gasteiger partial charge in [0.1, 0.15) is 6.10 Å². The van der Waals surface area contributed by atoms with Crippen molar-refractivity contribution in [2.75, 3.05) is 0 Å². The molecule has 1 heterocycles. The Morgan fingerprint density at radius 2 is 1.65 bits per heavy atom. The number of carboxylic acid groups (broad SMARTS) is 1. The van der Waals surface area contributed by atoms with Gasteiger partial charge in [-0.1, -0.05) is 19.3 Å². The van der Waals surface area contributed by atoms with Gasteiger partial charge in [0, 0.05) is 6.04 Å². The highest BCUT2D eigenvalue weighted by molar-refractivity contribution is 5.82.